The van der Waals surface area contributed by atoms with Crippen molar-refractivity contribution < 1.29 is 19.1 Å². The minimum absolute atomic E-state index is 0.0271. The molecule has 2 aliphatic rings. The number of ether oxygens (including phenoxy) is 2. The fourth-order valence-corrected chi connectivity index (χ4v) is 3.59. The molecule has 0 radical (unpaired) electrons. The quantitative estimate of drug-likeness (QED) is 0.342. The van der Waals surface area contributed by atoms with Crippen LogP contribution in [0.25, 0.3) is 0 Å². The fourth-order valence-electron chi connectivity index (χ4n) is 3.59. The number of rotatable bonds is 6. The van der Waals surface area contributed by atoms with E-state index in [9.17, 15) is 9.59 Å². The Hall–Kier alpha value is -3.10. The number of piperazine rings is 1. The van der Waals surface area contributed by atoms with Gasteiger partial charge in [-0.05, 0) is 35.4 Å². The van der Waals surface area contributed by atoms with Crippen molar-refractivity contribution in [2.45, 2.75) is 13.1 Å². The van der Waals surface area contributed by atoms with Gasteiger partial charge in [0.1, 0.15) is 0 Å². The molecule has 8 heteroatoms. The number of hydrazine groups is 1. The first-order valence-electron chi connectivity index (χ1n) is 9.58. The lowest BCUT2D eigenvalue weighted by Gasteiger charge is -2.34. The Morgan fingerprint density at radius 2 is 1.69 bits per heavy atom. The third-order valence-electron chi connectivity index (χ3n) is 5.20. The molecular weight excluding hydrogens is 372 g/mol. The van der Waals surface area contributed by atoms with Crippen LogP contribution in [-0.2, 0) is 17.9 Å². The molecule has 152 valence electrons. The summed E-state index contributed by atoms with van der Waals surface area (Å²) in [6.07, 6.45) is 0.572. The highest BCUT2D eigenvalue weighted by atomic mass is 16.7. The van der Waals surface area contributed by atoms with Gasteiger partial charge < -0.3 is 14.4 Å². The van der Waals surface area contributed by atoms with Crippen LogP contribution in [0.5, 0.6) is 11.5 Å². The van der Waals surface area contributed by atoms with Crippen molar-refractivity contribution in [3.05, 3.63) is 59.2 Å². The van der Waals surface area contributed by atoms with Crippen molar-refractivity contribution in [3.8, 4) is 11.5 Å². The lowest BCUT2D eigenvalue weighted by atomic mass is 10.1. The molecule has 2 aliphatic heterocycles. The lowest BCUT2D eigenvalue weighted by Crippen LogP contribution is -2.48. The van der Waals surface area contributed by atoms with Gasteiger partial charge in [-0.2, -0.15) is 0 Å². The molecule has 4 rings (SSSR count). The predicted molar refractivity (Wildman–Crippen MR) is 106 cm³/mol. The smallest absolute Gasteiger partial charge is 0.253 e. The second-order valence-corrected chi connectivity index (χ2v) is 7.23. The van der Waals surface area contributed by atoms with Crippen LogP contribution in [-0.4, -0.2) is 60.1 Å². The van der Waals surface area contributed by atoms with Gasteiger partial charge in [0.25, 0.3) is 5.91 Å². The van der Waals surface area contributed by atoms with Gasteiger partial charge in [-0.25, -0.2) is 5.84 Å². The van der Waals surface area contributed by atoms with E-state index in [0.717, 1.165) is 41.7 Å². The van der Waals surface area contributed by atoms with Crippen LogP contribution >= 0.6 is 0 Å². The number of hydrogen-bond acceptors (Lipinski definition) is 6. The molecule has 0 atom stereocenters. The van der Waals surface area contributed by atoms with Crippen molar-refractivity contribution in [1.29, 1.82) is 0 Å². The van der Waals surface area contributed by atoms with Crippen LogP contribution in [0.2, 0.25) is 0 Å². The van der Waals surface area contributed by atoms with E-state index in [1.807, 2.05) is 29.2 Å². The molecule has 2 heterocycles. The third kappa shape index (κ3) is 4.49. The van der Waals surface area contributed by atoms with Crippen LogP contribution < -0.4 is 15.3 Å². The number of benzene rings is 2. The number of nitrogens with zero attached hydrogens (tertiary/aromatic N) is 3. The number of hydrogen-bond donors (Lipinski definition) is 1. The molecule has 2 aromatic rings. The highest BCUT2D eigenvalue weighted by molar-refractivity contribution is 5.94. The highest BCUT2D eigenvalue weighted by Crippen LogP contribution is 2.32. The summed E-state index contributed by atoms with van der Waals surface area (Å²) in [5.74, 6) is 7.10. The first-order valence-corrected chi connectivity index (χ1v) is 9.58. The molecule has 0 aromatic heterocycles. The van der Waals surface area contributed by atoms with Gasteiger partial charge in [0.15, 0.2) is 11.5 Å². The van der Waals surface area contributed by atoms with Gasteiger partial charge in [0, 0.05) is 38.3 Å². The Balaban J connectivity index is 1.30. The second-order valence-electron chi connectivity index (χ2n) is 7.23. The van der Waals surface area contributed by atoms with Gasteiger partial charge >= 0.3 is 0 Å². The summed E-state index contributed by atoms with van der Waals surface area (Å²) in [6.45, 7) is 4.43. The number of carbonyl (C=O) groups excluding carboxylic acids is 2. The number of nitrogens with two attached hydrogens (primary N) is 1. The normalized spacial score (nSPS) is 16.0. The van der Waals surface area contributed by atoms with E-state index in [2.05, 4.69) is 11.0 Å². The molecule has 2 N–H and O–H groups in total. The summed E-state index contributed by atoms with van der Waals surface area (Å²) >= 11 is 0. The summed E-state index contributed by atoms with van der Waals surface area (Å²) in [5.41, 5.74) is 2.70. The lowest BCUT2D eigenvalue weighted by molar-refractivity contribution is -0.118. The van der Waals surface area contributed by atoms with E-state index in [4.69, 9.17) is 15.3 Å². The van der Waals surface area contributed by atoms with E-state index >= 15 is 0 Å². The van der Waals surface area contributed by atoms with E-state index < -0.39 is 0 Å². The standard InChI is InChI=1S/C21H24N4O4/c22-25(14-26)13-16-1-4-18(5-2-16)21(27)24-9-7-23(8-10-24)12-17-3-6-19-20(11-17)29-15-28-19/h1-6,11,14H,7-10,12-13,15,22H2. The van der Waals surface area contributed by atoms with Crippen molar-refractivity contribution >= 4 is 12.3 Å². The molecule has 1 saturated heterocycles. The Morgan fingerprint density at radius 1 is 1.00 bits per heavy atom. The predicted octanol–water partition coefficient (Wildman–Crippen LogP) is 1.21. The molecule has 2 aromatic carbocycles. The molecule has 1 fully saturated rings. The van der Waals surface area contributed by atoms with Crippen molar-refractivity contribution in [2.75, 3.05) is 33.0 Å². The first-order chi connectivity index (χ1) is 14.1. The molecule has 0 bridgehead atoms. The van der Waals surface area contributed by atoms with Crippen LogP contribution in [0, 0.1) is 0 Å². The van der Waals surface area contributed by atoms with E-state index in [-0.39, 0.29) is 12.7 Å². The van der Waals surface area contributed by atoms with Crippen LogP contribution in [0.1, 0.15) is 21.5 Å². The van der Waals surface area contributed by atoms with Crippen molar-refractivity contribution in [1.82, 2.24) is 14.8 Å². The average Bonchev–Trinajstić information content (AvgIpc) is 3.22. The highest BCUT2D eigenvalue weighted by Gasteiger charge is 2.23. The van der Waals surface area contributed by atoms with E-state index in [1.165, 1.54) is 5.56 Å². The Kier molecular flexibility index (Phi) is 5.64. The zero-order valence-electron chi connectivity index (χ0n) is 16.1. The zero-order valence-corrected chi connectivity index (χ0v) is 16.1. The number of amides is 2. The molecule has 2 amide bonds. The molecule has 29 heavy (non-hydrogen) atoms. The molecule has 8 nitrogen and oxygen atoms in total. The molecule has 0 unspecified atom stereocenters. The van der Waals surface area contributed by atoms with Gasteiger partial charge in [0.05, 0.1) is 6.54 Å². The molecule has 0 spiro atoms. The van der Waals surface area contributed by atoms with Gasteiger partial charge in [0.2, 0.25) is 13.2 Å². The minimum Gasteiger partial charge on any atom is -0.454 e. The summed E-state index contributed by atoms with van der Waals surface area (Å²) in [4.78, 5) is 27.6. The third-order valence-corrected chi connectivity index (χ3v) is 5.20. The summed E-state index contributed by atoms with van der Waals surface area (Å²) in [7, 11) is 0. The first kappa shape index (κ1) is 19.2. The molecule has 0 saturated carbocycles. The van der Waals surface area contributed by atoms with Gasteiger partial charge in [-0.1, -0.05) is 18.2 Å². The zero-order chi connectivity index (χ0) is 20.2. The second kappa shape index (κ2) is 8.50. The molecule has 0 aliphatic carbocycles. The fraction of sp³-hybridized carbons (Fsp3) is 0.333. The number of fused-ring (bicyclic) bond motifs is 1. The van der Waals surface area contributed by atoms with E-state index in [0.29, 0.717) is 31.6 Å². The van der Waals surface area contributed by atoms with Crippen molar-refractivity contribution in [3.63, 3.8) is 0 Å². The van der Waals surface area contributed by atoms with Crippen molar-refractivity contribution in [2.24, 2.45) is 5.84 Å². The maximum absolute atomic E-state index is 12.8. The summed E-state index contributed by atoms with van der Waals surface area (Å²) in [6, 6.07) is 13.2. The Morgan fingerprint density at radius 3 is 2.41 bits per heavy atom. The Bertz CT molecular complexity index is 879. The van der Waals surface area contributed by atoms with Gasteiger partial charge in [-0.3, -0.25) is 19.5 Å². The Labute approximate surface area is 169 Å². The van der Waals surface area contributed by atoms with E-state index in [1.54, 1.807) is 12.1 Å². The average molecular weight is 396 g/mol. The summed E-state index contributed by atoms with van der Waals surface area (Å²) in [5, 5.41) is 1.07. The van der Waals surface area contributed by atoms with Crippen LogP contribution in [0.15, 0.2) is 42.5 Å². The van der Waals surface area contributed by atoms with Gasteiger partial charge in [-0.15, -0.1) is 0 Å². The topological polar surface area (TPSA) is 88.3 Å². The largest absolute Gasteiger partial charge is 0.454 e. The summed E-state index contributed by atoms with van der Waals surface area (Å²) < 4.78 is 10.8. The van der Waals surface area contributed by atoms with Crippen LogP contribution in [0.4, 0.5) is 0 Å². The maximum atomic E-state index is 12.8. The molecular formula is C21H24N4O4. The SMILES string of the molecule is NN(C=O)Cc1ccc(C(=O)N2CCN(Cc3ccc4c(c3)OCO4)CC2)cc1. The number of carbonyl (C=O) groups is 2. The minimum atomic E-state index is 0.0271. The maximum Gasteiger partial charge on any atom is 0.253 e. The van der Waals surface area contributed by atoms with Crippen LogP contribution in [0.3, 0.4) is 0 Å². The monoisotopic (exact) mass is 396 g/mol.